The first-order chi connectivity index (χ1) is 7.71. The molecule has 17 heavy (non-hydrogen) atoms. The SMILES string of the molecule is Cc1cc(C(N)CC(C)(C)CC(=O)O)sc1Cl. The summed E-state index contributed by atoms with van der Waals surface area (Å²) >= 11 is 7.47. The number of carboxylic acids is 1. The topological polar surface area (TPSA) is 63.3 Å². The van der Waals surface area contributed by atoms with Crippen molar-refractivity contribution < 1.29 is 9.90 Å². The minimum absolute atomic E-state index is 0.124. The lowest BCUT2D eigenvalue weighted by Gasteiger charge is -2.25. The number of rotatable bonds is 5. The Morgan fingerprint density at radius 2 is 2.24 bits per heavy atom. The highest BCUT2D eigenvalue weighted by Gasteiger charge is 2.26. The van der Waals surface area contributed by atoms with Gasteiger partial charge in [0, 0.05) is 10.9 Å². The van der Waals surface area contributed by atoms with Gasteiger partial charge in [0.05, 0.1) is 10.8 Å². The van der Waals surface area contributed by atoms with Gasteiger partial charge in [-0.25, -0.2) is 0 Å². The van der Waals surface area contributed by atoms with Crippen molar-refractivity contribution in [1.29, 1.82) is 0 Å². The summed E-state index contributed by atoms with van der Waals surface area (Å²) in [6.07, 6.45) is 0.758. The van der Waals surface area contributed by atoms with Gasteiger partial charge in [-0.05, 0) is 30.4 Å². The molecule has 1 aromatic heterocycles. The predicted octanol–water partition coefficient (Wildman–Crippen LogP) is 3.60. The van der Waals surface area contributed by atoms with Crippen molar-refractivity contribution in [2.24, 2.45) is 11.1 Å². The third-order valence-corrected chi connectivity index (χ3v) is 4.33. The summed E-state index contributed by atoms with van der Waals surface area (Å²) in [4.78, 5) is 11.8. The van der Waals surface area contributed by atoms with Gasteiger partial charge in [0.1, 0.15) is 0 Å². The van der Waals surface area contributed by atoms with E-state index in [1.165, 1.54) is 11.3 Å². The number of nitrogens with two attached hydrogens (primary N) is 1. The molecule has 0 saturated heterocycles. The van der Waals surface area contributed by atoms with Gasteiger partial charge in [-0.15, -0.1) is 11.3 Å². The summed E-state index contributed by atoms with van der Waals surface area (Å²) in [7, 11) is 0. The molecule has 96 valence electrons. The molecule has 1 rings (SSSR count). The molecule has 0 fully saturated rings. The fourth-order valence-electron chi connectivity index (χ4n) is 1.84. The highest BCUT2D eigenvalue weighted by atomic mass is 35.5. The van der Waals surface area contributed by atoms with Crippen molar-refractivity contribution in [1.82, 2.24) is 0 Å². The lowest BCUT2D eigenvalue weighted by atomic mass is 9.82. The summed E-state index contributed by atoms with van der Waals surface area (Å²) in [5.41, 5.74) is 6.81. The summed E-state index contributed by atoms with van der Waals surface area (Å²) in [5.74, 6) is -0.789. The number of carbonyl (C=O) groups is 1. The van der Waals surface area contributed by atoms with Crippen LogP contribution in [0.4, 0.5) is 0 Å². The lowest BCUT2D eigenvalue weighted by molar-refractivity contribution is -0.139. The van der Waals surface area contributed by atoms with Crippen molar-refractivity contribution >= 4 is 28.9 Å². The van der Waals surface area contributed by atoms with Crippen LogP contribution in [0.1, 0.15) is 43.2 Å². The van der Waals surface area contributed by atoms with Crippen molar-refractivity contribution in [2.45, 2.75) is 39.7 Å². The molecule has 3 nitrogen and oxygen atoms in total. The lowest BCUT2D eigenvalue weighted by Crippen LogP contribution is -2.23. The molecule has 0 amide bonds. The zero-order valence-electron chi connectivity index (χ0n) is 10.3. The van der Waals surface area contributed by atoms with Gasteiger partial charge >= 0.3 is 5.97 Å². The Labute approximate surface area is 111 Å². The fourth-order valence-corrected chi connectivity index (χ4v) is 3.06. The highest BCUT2D eigenvalue weighted by molar-refractivity contribution is 7.16. The molecule has 5 heteroatoms. The second-order valence-electron chi connectivity index (χ2n) is 5.15. The largest absolute Gasteiger partial charge is 0.481 e. The van der Waals surface area contributed by atoms with Gasteiger partial charge < -0.3 is 10.8 Å². The maximum Gasteiger partial charge on any atom is 0.303 e. The number of aryl methyl sites for hydroxylation is 1. The molecule has 0 aliphatic heterocycles. The van der Waals surface area contributed by atoms with Crippen molar-refractivity contribution in [3.05, 3.63) is 20.8 Å². The molecule has 0 saturated carbocycles. The fraction of sp³-hybridized carbons (Fsp3) is 0.583. The molecule has 0 aliphatic rings. The van der Waals surface area contributed by atoms with Crippen LogP contribution in [0.3, 0.4) is 0 Å². The van der Waals surface area contributed by atoms with E-state index in [1.54, 1.807) is 0 Å². The van der Waals surface area contributed by atoms with Gasteiger partial charge in [-0.3, -0.25) is 4.79 Å². The van der Waals surface area contributed by atoms with Crippen LogP contribution >= 0.6 is 22.9 Å². The van der Waals surface area contributed by atoms with Crippen LogP contribution in [0.2, 0.25) is 4.34 Å². The first-order valence-electron chi connectivity index (χ1n) is 5.44. The minimum Gasteiger partial charge on any atom is -0.481 e. The molecule has 3 N–H and O–H groups in total. The minimum atomic E-state index is -0.789. The average molecular weight is 276 g/mol. The summed E-state index contributed by atoms with van der Waals surface area (Å²) in [6, 6.07) is 1.83. The van der Waals surface area contributed by atoms with Crippen molar-refractivity contribution in [2.75, 3.05) is 0 Å². The van der Waals surface area contributed by atoms with E-state index >= 15 is 0 Å². The van der Waals surface area contributed by atoms with Gasteiger partial charge in [0.25, 0.3) is 0 Å². The van der Waals surface area contributed by atoms with Gasteiger partial charge in [0.2, 0.25) is 0 Å². The number of hydrogen-bond acceptors (Lipinski definition) is 3. The molecule has 1 unspecified atom stereocenters. The second-order valence-corrected chi connectivity index (χ2v) is 6.84. The van der Waals surface area contributed by atoms with E-state index in [1.807, 2.05) is 26.8 Å². The van der Waals surface area contributed by atoms with E-state index in [9.17, 15) is 4.79 Å². The summed E-state index contributed by atoms with van der Waals surface area (Å²) < 4.78 is 0.756. The third-order valence-electron chi connectivity index (χ3n) is 2.64. The number of hydrogen-bond donors (Lipinski definition) is 2. The van der Waals surface area contributed by atoms with Crippen LogP contribution in [0.25, 0.3) is 0 Å². The number of carboxylic acid groups (broad SMARTS) is 1. The maximum absolute atomic E-state index is 10.7. The van der Waals surface area contributed by atoms with Crippen LogP contribution in [-0.2, 0) is 4.79 Å². The monoisotopic (exact) mass is 275 g/mol. The van der Waals surface area contributed by atoms with Crippen molar-refractivity contribution in [3.8, 4) is 0 Å². The average Bonchev–Trinajstić information content (AvgIpc) is 2.43. The Morgan fingerprint density at radius 3 is 2.65 bits per heavy atom. The Morgan fingerprint density at radius 1 is 1.65 bits per heavy atom. The van der Waals surface area contributed by atoms with Crippen molar-refractivity contribution in [3.63, 3.8) is 0 Å². The van der Waals surface area contributed by atoms with Gasteiger partial charge in [-0.1, -0.05) is 25.4 Å². The molecular formula is C12H18ClNO2S. The molecule has 0 aliphatic carbocycles. The Hall–Kier alpha value is -0.580. The third kappa shape index (κ3) is 4.30. The second kappa shape index (κ2) is 5.38. The predicted molar refractivity (Wildman–Crippen MR) is 71.6 cm³/mol. The molecular weight excluding hydrogens is 258 g/mol. The van der Waals surface area contributed by atoms with Gasteiger partial charge in [-0.2, -0.15) is 0 Å². The quantitative estimate of drug-likeness (QED) is 0.863. The van der Waals surface area contributed by atoms with E-state index in [0.29, 0.717) is 6.42 Å². The first kappa shape index (κ1) is 14.5. The van der Waals surface area contributed by atoms with Crippen LogP contribution in [0.5, 0.6) is 0 Å². The molecule has 0 bridgehead atoms. The van der Waals surface area contributed by atoms with E-state index < -0.39 is 5.97 Å². The maximum atomic E-state index is 10.7. The normalized spacial score (nSPS) is 13.7. The Kier molecular flexibility index (Phi) is 4.58. The van der Waals surface area contributed by atoms with E-state index in [-0.39, 0.29) is 17.9 Å². The molecule has 0 aromatic carbocycles. The zero-order valence-corrected chi connectivity index (χ0v) is 11.9. The summed E-state index contributed by atoms with van der Waals surface area (Å²) in [6.45, 7) is 5.78. The van der Waals surface area contributed by atoms with Crippen LogP contribution in [0, 0.1) is 12.3 Å². The summed E-state index contributed by atoms with van der Waals surface area (Å²) in [5, 5.41) is 8.82. The van der Waals surface area contributed by atoms with Crippen LogP contribution in [-0.4, -0.2) is 11.1 Å². The molecule has 0 spiro atoms. The standard InChI is InChI=1S/C12H18ClNO2S/c1-7-4-9(17-11(7)13)8(14)5-12(2,3)6-10(15)16/h4,8H,5-6,14H2,1-3H3,(H,15,16). The number of aliphatic carboxylic acids is 1. The number of halogens is 1. The van der Waals surface area contributed by atoms with Crippen LogP contribution < -0.4 is 5.73 Å². The molecule has 1 aromatic rings. The van der Waals surface area contributed by atoms with E-state index in [4.69, 9.17) is 22.4 Å². The molecule has 1 atom stereocenters. The first-order valence-corrected chi connectivity index (χ1v) is 6.64. The Balaban J connectivity index is 2.71. The van der Waals surface area contributed by atoms with Crippen LogP contribution in [0.15, 0.2) is 6.07 Å². The Bertz CT molecular complexity index is 395. The van der Waals surface area contributed by atoms with E-state index in [0.717, 1.165) is 14.8 Å². The van der Waals surface area contributed by atoms with E-state index in [2.05, 4.69) is 0 Å². The molecule has 0 radical (unpaired) electrons. The zero-order chi connectivity index (χ0) is 13.2. The van der Waals surface area contributed by atoms with Gasteiger partial charge in [0.15, 0.2) is 0 Å². The molecule has 1 heterocycles. The number of thiophene rings is 1. The highest BCUT2D eigenvalue weighted by Crippen LogP contribution is 2.36. The smallest absolute Gasteiger partial charge is 0.303 e.